The maximum Gasteiger partial charge on any atom is 0.387 e. The van der Waals surface area contributed by atoms with Gasteiger partial charge in [-0.3, -0.25) is 4.79 Å². The van der Waals surface area contributed by atoms with Crippen molar-refractivity contribution in [2.75, 3.05) is 5.32 Å². The van der Waals surface area contributed by atoms with Crippen LogP contribution in [-0.2, 0) is 10.3 Å². The fourth-order valence-electron chi connectivity index (χ4n) is 6.25. The van der Waals surface area contributed by atoms with Gasteiger partial charge in [-0.25, -0.2) is 9.67 Å². The standard InChI is InChI=1S/C20H20Cl2F2N4O2/c21-14-4-13(1-2-15(14)30-18(23)24)26-16(29)19-5-11-3-12(6-19)8-20(7-11,9-19)28-10-25-17(22)27-28/h1-2,4,10-12,18H,3,5-9H2,(H,26,29)/t11-,12-,19?,20?/m1/s1. The Balaban J connectivity index is 1.40. The topological polar surface area (TPSA) is 69.0 Å². The molecule has 4 bridgehead atoms. The molecule has 6 rings (SSSR count). The number of carbonyl (C=O) groups excluding carboxylic acids is 1. The Morgan fingerprint density at radius 3 is 2.57 bits per heavy atom. The summed E-state index contributed by atoms with van der Waals surface area (Å²) in [5.41, 5.74) is -0.290. The highest BCUT2D eigenvalue weighted by molar-refractivity contribution is 6.32. The Kier molecular flexibility index (Phi) is 4.70. The minimum Gasteiger partial charge on any atom is -0.433 e. The number of halogens is 4. The van der Waals surface area contributed by atoms with Gasteiger partial charge in [-0.1, -0.05) is 11.6 Å². The van der Waals surface area contributed by atoms with Crippen molar-refractivity contribution < 1.29 is 18.3 Å². The van der Waals surface area contributed by atoms with Gasteiger partial charge in [0, 0.05) is 5.69 Å². The van der Waals surface area contributed by atoms with Crippen LogP contribution in [0.2, 0.25) is 10.3 Å². The molecule has 160 valence electrons. The molecule has 2 atom stereocenters. The fourth-order valence-corrected chi connectivity index (χ4v) is 6.60. The van der Waals surface area contributed by atoms with Gasteiger partial charge in [0.05, 0.1) is 16.0 Å². The molecule has 1 aromatic carbocycles. The molecule has 0 unspecified atom stereocenters. The monoisotopic (exact) mass is 456 g/mol. The van der Waals surface area contributed by atoms with E-state index >= 15 is 0 Å². The van der Waals surface area contributed by atoms with Crippen LogP contribution in [0.1, 0.15) is 38.5 Å². The van der Waals surface area contributed by atoms with E-state index in [0.717, 1.165) is 32.1 Å². The van der Waals surface area contributed by atoms with Gasteiger partial charge in [0.1, 0.15) is 12.1 Å². The van der Waals surface area contributed by atoms with Gasteiger partial charge in [0.15, 0.2) is 0 Å². The molecule has 30 heavy (non-hydrogen) atoms. The van der Waals surface area contributed by atoms with Crippen LogP contribution < -0.4 is 10.1 Å². The first-order valence-electron chi connectivity index (χ1n) is 9.90. The molecule has 1 heterocycles. The Labute approximate surface area is 181 Å². The lowest BCUT2D eigenvalue weighted by molar-refractivity contribution is -0.150. The van der Waals surface area contributed by atoms with Crippen molar-refractivity contribution in [1.29, 1.82) is 0 Å². The molecular formula is C20H20Cl2F2N4O2. The minimum atomic E-state index is -2.96. The zero-order valence-corrected chi connectivity index (χ0v) is 17.5. The highest BCUT2D eigenvalue weighted by Gasteiger charge is 2.61. The summed E-state index contributed by atoms with van der Waals surface area (Å²) in [6.45, 7) is -2.96. The van der Waals surface area contributed by atoms with Crippen molar-refractivity contribution >= 4 is 34.8 Å². The van der Waals surface area contributed by atoms with Crippen LogP contribution in [0.4, 0.5) is 14.5 Å². The lowest BCUT2D eigenvalue weighted by Crippen LogP contribution is -2.60. The molecule has 6 nitrogen and oxygen atoms in total. The number of amides is 1. The molecule has 1 amide bonds. The van der Waals surface area contributed by atoms with E-state index < -0.39 is 12.0 Å². The summed E-state index contributed by atoms with van der Waals surface area (Å²) in [4.78, 5) is 17.5. The SMILES string of the molecule is O=C(Nc1ccc(OC(F)F)c(Cl)c1)C12C[C@H]3C[C@H](C1)CC(n1cnc(Cl)n1)(C3)C2. The predicted molar refractivity (Wildman–Crippen MR) is 107 cm³/mol. The number of alkyl halides is 2. The zero-order chi connectivity index (χ0) is 21.1. The van der Waals surface area contributed by atoms with Crippen LogP contribution in [0.5, 0.6) is 5.75 Å². The summed E-state index contributed by atoms with van der Waals surface area (Å²) < 4.78 is 31.1. The number of nitrogens with one attached hydrogen (secondary N) is 1. The number of rotatable bonds is 5. The number of nitrogens with zero attached hydrogens (tertiary/aromatic N) is 3. The summed E-state index contributed by atoms with van der Waals surface area (Å²) in [5, 5.41) is 7.56. The van der Waals surface area contributed by atoms with Crippen molar-refractivity contribution in [2.45, 2.75) is 50.7 Å². The average molecular weight is 457 g/mol. The van der Waals surface area contributed by atoms with Crippen LogP contribution in [-0.4, -0.2) is 27.3 Å². The molecule has 4 saturated carbocycles. The molecule has 2 aromatic rings. The van der Waals surface area contributed by atoms with Gasteiger partial charge in [-0.05, 0) is 80.2 Å². The molecule has 4 aliphatic carbocycles. The molecule has 1 N–H and O–H groups in total. The molecule has 0 radical (unpaired) electrons. The van der Waals surface area contributed by atoms with Gasteiger partial charge in [-0.15, -0.1) is 5.10 Å². The lowest BCUT2D eigenvalue weighted by atomic mass is 9.46. The third kappa shape index (κ3) is 3.34. The van der Waals surface area contributed by atoms with Gasteiger partial charge >= 0.3 is 6.61 Å². The Morgan fingerprint density at radius 2 is 1.97 bits per heavy atom. The van der Waals surface area contributed by atoms with Crippen molar-refractivity contribution in [1.82, 2.24) is 14.8 Å². The third-order valence-electron chi connectivity index (χ3n) is 6.87. The lowest BCUT2D eigenvalue weighted by Gasteiger charge is -2.60. The van der Waals surface area contributed by atoms with E-state index in [1.807, 2.05) is 4.68 Å². The third-order valence-corrected chi connectivity index (χ3v) is 7.34. The quantitative estimate of drug-likeness (QED) is 0.677. The Bertz CT molecular complexity index is 985. The molecule has 0 spiro atoms. The normalized spacial score (nSPS) is 31.9. The second-order valence-corrected chi connectivity index (χ2v) is 9.65. The van der Waals surface area contributed by atoms with E-state index in [1.54, 1.807) is 6.33 Å². The van der Waals surface area contributed by atoms with Crippen molar-refractivity contribution in [3.05, 3.63) is 34.8 Å². The summed E-state index contributed by atoms with van der Waals surface area (Å²) in [6.07, 6.45) is 7.10. The molecule has 1 aromatic heterocycles. The first-order valence-corrected chi connectivity index (χ1v) is 10.7. The van der Waals surface area contributed by atoms with E-state index in [1.165, 1.54) is 18.2 Å². The number of hydrogen-bond donors (Lipinski definition) is 1. The van der Waals surface area contributed by atoms with Crippen LogP contribution in [0, 0.1) is 17.3 Å². The second-order valence-electron chi connectivity index (χ2n) is 8.90. The van der Waals surface area contributed by atoms with Crippen molar-refractivity contribution in [3.63, 3.8) is 0 Å². The maximum atomic E-state index is 13.4. The van der Waals surface area contributed by atoms with Gasteiger partial charge in [0.25, 0.3) is 0 Å². The number of ether oxygens (including phenoxy) is 1. The van der Waals surface area contributed by atoms with Crippen LogP contribution in [0.15, 0.2) is 24.5 Å². The van der Waals surface area contributed by atoms with Crippen LogP contribution in [0.25, 0.3) is 0 Å². The van der Waals surface area contributed by atoms with E-state index in [4.69, 9.17) is 23.2 Å². The highest BCUT2D eigenvalue weighted by Crippen LogP contribution is 2.64. The van der Waals surface area contributed by atoms with E-state index in [9.17, 15) is 13.6 Å². The average Bonchev–Trinajstić information content (AvgIpc) is 3.10. The molecule has 4 aliphatic rings. The summed E-state index contributed by atoms with van der Waals surface area (Å²) >= 11 is 12.0. The second kappa shape index (κ2) is 7.05. The summed E-state index contributed by atoms with van der Waals surface area (Å²) in [6, 6.07) is 4.29. The fraction of sp³-hybridized carbons (Fsp3) is 0.550. The number of hydrogen-bond acceptors (Lipinski definition) is 4. The minimum absolute atomic E-state index is 0.0207. The van der Waals surface area contributed by atoms with Gasteiger partial charge in [0.2, 0.25) is 11.2 Å². The molecule has 4 fully saturated rings. The number of aromatic nitrogens is 3. The number of benzene rings is 1. The first kappa shape index (κ1) is 20.0. The Hall–Kier alpha value is -1.93. The highest BCUT2D eigenvalue weighted by atomic mass is 35.5. The van der Waals surface area contributed by atoms with E-state index in [0.29, 0.717) is 23.9 Å². The van der Waals surface area contributed by atoms with Crippen LogP contribution >= 0.6 is 23.2 Å². The smallest absolute Gasteiger partial charge is 0.387 e. The molecule has 0 aliphatic heterocycles. The van der Waals surface area contributed by atoms with Gasteiger partial charge in [-0.2, -0.15) is 8.78 Å². The Morgan fingerprint density at radius 1 is 1.23 bits per heavy atom. The summed E-state index contributed by atoms with van der Waals surface area (Å²) in [7, 11) is 0. The van der Waals surface area contributed by atoms with Crippen molar-refractivity contribution in [3.8, 4) is 5.75 Å². The van der Waals surface area contributed by atoms with E-state index in [2.05, 4.69) is 20.1 Å². The van der Waals surface area contributed by atoms with E-state index in [-0.39, 0.29) is 27.5 Å². The largest absolute Gasteiger partial charge is 0.433 e. The predicted octanol–water partition coefficient (Wildman–Crippen LogP) is 5.12. The zero-order valence-electron chi connectivity index (χ0n) is 16.0. The van der Waals surface area contributed by atoms with Crippen molar-refractivity contribution in [2.24, 2.45) is 17.3 Å². The molecule has 10 heteroatoms. The molecule has 0 saturated heterocycles. The first-order chi connectivity index (χ1) is 14.3. The number of anilines is 1. The van der Waals surface area contributed by atoms with Gasteiger partial charge < -0.3 is 10.1 Å². The van der Waals surface area contributed by atoms with Crippen LogP contribution in [0.3, 0.4) is 0 Å². The maximum absolute atomic E-state index is 13.4. The summed E-state index contributed by atoms with van der Waals surface area (Å²) in [5.74, 6) is 0.711. The number of carbonyl (C=O) groups is 1. The molecular weight excluding hydrogens is 437 g/mol.